The molecule has 1 atom stereocenters. The van der Waals surface area contributed by atoms with Crippen molar-refractivity contribution in [1.29, 1.82) is 0 Å². The van der Waals surface area contributed by atoms with Crippen LogP contribution in [-0.4, -0.2) is 17.9 Å². The molecule has 2 N–H and O–H groups in total. The van der Waals surface area contributed by atoms with E-state index in [1.807, 2.05) is 37.3 Å². The van der Waals surface area contributed by atoms with Crippen LogP contribution in [0.1, 0.15) is 34.8 Å². The zero-order chi connectivity index (χ0) is 13.8. The van der Waals surface area contributed by atoms with Crippen molar-refractivity contribution in [2.24, 2.45) is 5.73 Å². The Bertz CT molecular complexity index is 546. The van der Waals surface area contributed by atoms with Gasteiger partial charge in [0, 0.05) is 13.6 Å². The molecule has 0 fully saturated rings. The molecule has 1 aromatic carbocycles. The van der Waals surface area contributed by atoms with Gasteiger partial charge in [0.1, 0.15) is 5.76 Å². The molecule has 0 saturated carbocycles. The molecule has 100 valence electrons. The van der Waals surface area contributed by atoms with Crippen molar-refractivity contribution in [3.05, 3.63) is 59.5 Å². The summed E-state index contributed by atoms with van der Waals surface area (Å²) in [7, 11) is 1.75. The number of furan rings is 1. The van der Waals surface area contributed by atoms with Crippen molar-refractivity contribution in [1.82, 2.24) is 4.90 Å². The van der Waals surface area contributed by atoms with E-state index >= 15 is 0 Å². The van der Waals surface area contributed by atoms with Gasteiger partial charge in [0.25, 0.3) is 5.91 Å². The predicted octanol–water partition coefficient (Wildman–Crippen LogP) is 2.57. The Morgan fingerprint density at radius 2 is 1.95 bits per heavy atom. The van der Waals surface area contributed by atoms with Gasteiger partial charge in [0.05, 0.1) is 6.04 Å². The first kappa shape index (κ1) is 13.4. The molecule has 1 heterocycles. The number of carbonyl (C=O) groups excluding carboxylic acids is 1. The first-order valence-electron chi connectivity index (χ1n) is 6.22. The molecule has 0 aliphatic carbocycles. The molecule has 1 aromatic heterocycles. The van der Waals surface area contributed by atoms with E-state index in [1.165, 1.54) is 0 Å². The van der Waals surface area contributed by atoms with E-state index in [0.717, 1.165) is 5.56 Å². The monoisotopic (exact) mass is 258 g/mol. The fourth-order valence-corrected chi connectivity index (χ4v) is 1.83. The molecule has 1 amide bonds. The fourth-order valence-electron chi connectivity index (χ4n) is 1.83. The quantitative estimate of drug-likeness (QED) is 0.916. The number of hydrogen-bond donors (Lipinski definition) is 1. The number of carbonyl (C=O) groups is 1. The Labute approximate surface area is 112 Å². The number of benzene rings is 1. The van der Waals surface area contributed by atoms with Gasteiger partial charge in [-0.1, -0.05) is 30.3 Å². The van der Waals surface area contributed by atoms with Crippen molar-refractivity contribution in [2.45, 2.75) is 19.5 Å². The maximum absolute atomic E-state index is 12.2. The second-order valence-corrected chi connectivity index (χ2v) is 4.64. The van der Waals surface area contributed by atoms with Crippen LogP contribution in [0.3, 0.4) is 0 Å². The molecular formula is C15H18N2O2. The third-order valence-electron chi connectivity index (χ3n) is 2.90. The van der Waals surface area contributed by atoms with Gasteiger partial charge in [0.2, 0.25) is 0 Å². The second-order valence-electron chi connectivity index (χ2n) is 4.64. The van der Waals surface area contributed by atoms with Crippen LogP contribution in [0.5, 0.6) is 0 Å². The van der Waals surface area contributed by atoms with Crippen molar-refractivity contribution >= 4 is 5.91 Å². The predicted molar refractivity (Wildman–Crippen MR) is 73.5 cm³/mol. The van der Waals surface area contributed by atoms with E-state index in [0.29, 0.717) is 18.1 Å². The molecule has 0 saturated heterocycles. The minimum Gasteiger partial charge on any atom is -0.454 e. The molecule has 0 spiro atoms. The summed E-state index contributed by atoms with van der Waals surface area (Å²) in [6.07, 6.45) is 0. The van der Waals surface area contributed by atoms with E-state index in [1.54, 1.807) is 24.1 Å². The largest absolute Gasteiger partial charge is 0.454 e. The molecule has 4 nitrogen and oxygen atoms in total. The Balaban J connectivity index is 2.06. The van der Waals surface area contributed by atoms with Crippen molar-refractivity contribution < 1.29 is 9.21 Å². The molecule has 2 aromatic rings. The third kappa shape index (κ3) is 3.23. The van der Waals surface area contributed by atoms with Crippen molar-refractivity contribution in [2.75, 3.05) is 7.05 Å². The van der Waals surface area contributed by atoms with Crippen LogP contribution in [0, 0.1) is 0 Å². The highest BCUT2D eigenvalue weighted by Crippen LogP contribution is 2.16. The topological polar surface area (TPSA) is 59.5 Å². The lowest BCUT2D eigenvalue weighted by Gasteiger charge is -2.15. The third-order valence-corrected chi connectivity index (χ3v) is 2.90. The van der Waals surface area contributed by atoms with Crippen LogP contribution in [0.25, 0.3) is 0 Å². The van der Waals surface area contributed by atoms with E-state index in [2.05, 4.69) is 0 Å². The van der Waals surface area contributed by atoms with Crippen LogP contribution < -0.4 is 5.73 Å². The van der Waals surface area contributed by atoms with Gasteiger partial charge in [-0.15, -0.1) is 0 Å². The molecule has 19 heavy (non-hydrogen) atoms. The zero-order valence-corrected chi connectivity index (χ0v) is 11.2. The number of nitrogens with zero attached hydrogens (tertiary/aromatic N) is 1. The summed E-state index contributed by atoms with van der Waals surface area (Å²) in [5, 5.41) is 0. The normalized spacial score (nSPS) is 12.2. The Hall–Kier alpha value is -2.07. The zero-order valence-electron chi connectivity index (χ0n) is 11.2. The lowest BCUT2D eigenvalue weighted by molar-refractivity contribution is 0.0751. The summed E-state index contributed by atoms with van der Waals surface area (Å²) in [6.45, 7) is 2.37. The van der Waals surface area contributed by atoms with Gasteiger partial charge in [-0.25, -0.2) is 0 Å². The van der Waals surface area contributed by atoms with Gasteiger partial charge < -0.3 is 15.1 Å². The van der Waals surface area contributed by atoms with E-state index in [9.17, 15) is 4.79 Å². The minimum absolute atomic E-state index is 0.143. The maximum atomic E-state index is 12.2. The highest BCUT2D eigenvalue weighted by Gasteiger charge is 2.17. The van der Waals surface area contributed by atoms with Gasteiger partial charge in [-0.05, 0) is 24.6 Å². The summed E-state index contributed by atoms with van der Waals surface area (Å²) in [6, 6.07) is 13.0. The number of hydrogen-bond acceptors (Lipinski definition) is 3. The highest BCUT2D eigenvalue weighted by molar-refractivity contribution is 5.91. The van der Waals surface area contributed by atoms with Crippen LogP contribution in [-0.2, 0) is 6.54 Å². The molecular weight excluding hydrogens is 240 g/mol. The number of rotatable bonds is 4. The first-order valence-corrected chi connectivity index (χ1v) is 6.22. The average Bonchev–Trinajstić information content (AvgIpc) is 2.88. The molecule has 0 radical (unpaired) electrons. The number of amides is 1. The molecule has 1 unspecified atom stereocenters. The maximum Gasteiger partial charge on any atom is 0.289 e. The highest BCUT2D eigenvalue weighted by atomic mass is 16.4. The van der Waals surface area contributed by atoms with E-state index in [-0.39, 0.29) is 11.9 Å². The average molecular weight is 258 g/mol. The van der Waals surface area contributed by atoms with Gasteiger partial charge in [0.15, 0.2) is 5.76 Å². The molecule has 4 heteroatoms. The van der Waals surface area contributed by atoms with E-state index < -0.39 is 0 Å². The Morgan fingerprint density at radius 1 is 1.26 bits per heavy atom. The van der Waals surface area contributed by atoms with Gasteiger partial charge in [-0.2, -0.15) is 0 Å². The van der Waals surface area contributed by atoms with Crippen LogP contribution >= 0.6 is 0 Å². The van der Waals surface area contributed by atoms with Crippen LogP contribution in [0.2, 0.25) is 0 Å². The lowest BCUT2D eigenvalue weighted by atomic mass is 10.2. The van der Waals surface area contributed by atoms with Crippen LogP contribution in [0.4, 0.5) is 0 Å². The summed E-state index contributed by atoms with van der Waals surface area (Å²) in [5.41, 5.74) is 6.79. The second kappa shape index (κ2) is 5.71. The van der Waals surface area contributed by atoms with E-state index in [4.69, 9.17) is 10.2 Å². The van der Waals surface area contributed by atoms with Gasteiger partial charge >= 0.3 is 0 Å². The standard InChI is InChI=1S/C15H18N2O2/c1-11(16)13-8-9-14(19-13)15(18)17(2)10-12-6-4-3-5-7-12/h3-9,11H,10,16H2,1-2H3. The number of nitrogens with two attached hydrogens (primary N) is 1. The smallest absolute Gasteiger partial charge is 0.289 e. The first-order chi connectivity index (χ1) is 9.08. The Morgan fingerprint density at radius 3 is 2.53 bits per heavy atom. The Kier molecular flexibility index (Phi) is 4.02. The summed E-state index contributed by atoms with van der Waals surface area (Å²) >= 11 is 0. The summed E-state index contributed by atoms with van der Waals surface area (Å²) in [5.74, 6) is 0.804. The lowest BCUT2D eigenvalue weighted by Crippen LogP contribution is -2.25. The molecule has 0 aliphatic rings. The summed E-state index contributed by atoms with van der Waals surface area (Å²) in [4.78, 5) is 13.8. The van der Waals surface area contributed by atoms with Crippen molar-refractivity contribution in [3.63, 3.8) is 0 Å². The fraction of sp³-hybridized carbons (Fsp3) is 0.267. The minimum atomic E-state index is -0.207. The summed E-state index contributed by atoms with van der Waals surface area (Å²) < 4.78 is 5.45. The van der Waals surface area contributed by atoms with Crippen molar-refractivity contribution in [3.8, 4) is 0 Å². The molecule has 2 rings (SSSR count). The SMILES string of the molecule is CC(N)c1ccc(C(=O)N(C)Cc2ccccc2)o1. The molecule has 0 aliphatic heterocycles. The van der Waals surface area contributed by atoms with Crippen LogP contribution in [0.15, 0.2) is 46.9 Å². The van der Waals surface area contributed by atoms with Gasteiger partial charge in [-0.3, -0.25) is 4.79 Å². The molecule has 0 bridgehead atoms.